The second-order valence-electron chi connectivity index (χ2n) is 7.33. The quantitative estimate of drug-likeness (QED) is 0.566. The highest BCUT2D eigenvalue weighted by Gasteiger charge is 2.22. The van der Waals surface area contributed by atoms with Crippen molar-refractivity contribution in [2.24, 2.45) is 0 Å². The Morgan fingerprint density at radius 1 is 1.07 bits per heavy atom. The number of benzene rings is 2. The molecule has 0 unspecified atom stereocenters. The molecule has 0 saturated heterocycles. The predicted molar refractivity (Wildman–Crippen MR) is 113 cm³/mol. The van der Waals surface area contributed by atoms with Crippen molar-refractivity contribution in [3.05, 3.63) is 59.4 Å². The summed E-state index contributed by atoms with van der Waals surface area (Å²) in [6.07, 6.45) is 0. The first-order chi connectivity index (χ1) is 13.4. The van der Waals surface area contributed by atoms with Crippen molar-refractivity contribution in [2.45, 2.75) is 52.9 Å². The van der Waals surface area contributed by atoms with E-state index in [4.69, 9.17) is 16.3 Å². The second kappa shape index (κ2) is 8.65. The molecule has 3 rings (SSSR count). The van der Waals surface area contributed by atoms with Crippen molar-refractivity contribution in [2.75, 3.05) is 0 Å². The van der Waals surface area contributed by atoms with Gasteiger partial charge in [-0.1, -0.05) is 23.7 Å². The highest BCUT2D eigenvalue weighted by atomic mass is 35.5. The van der Waals surface area contributed by atoms with Gasteiger partial charge in [0.15, 0.2) is 0 Å². The number of aromatic nitrogens is 2. The first-order valence-corrected chi connectivity index (χ1v) is 9.88. The predicted octanol–water partition coefficient (Wildman–Crippen LogP) is 4.91. The molecule has 0 aliphatic carbocycles. The van der Waals surface area contributed by atoms with Gasteiger partial charge in [-0.3, -0.25) is 4.79 Å². The number of fused-ring (bicyclic) bond motifs is 1. The Balaban J connectivity index is 1.88. The highest BCUT2D eigenvalue weighted by molar-refractivity contribution is 6.30. The number of carbonyl (C=O) groups is 1. The van der Waals surface area contributed by atoms with Gasteiger partial charge in [-0.05, 0) is 64.1 Å². The summed E-state index contributed by atoms with van der Waals surface area (Å²) < 4.78 is 7.84. The molecule has 0 aliphatic rings. The smallest absolute Gasteiger partial charge is 0.243 e. The van der Waals surface area contributed by atoms with Crippen LogP contribution in [0.5, 0.6) is 5.75 Å². The fourth-order valence-corrected chi connectivity index (χ4v) is 3.61. The Kier molecular flexibility index (Phi) is 6.25. The van der Waals surface area contributed by atoms with Crippen molar-refractivity contribution in [3.63, 3.8) is 0 Å². The van der Waals surface area contributed by atoms with Gasteiger partial charge in [-0.2, -0.15) is 0 Å². The summed E-state index contributed by atoms with van der Waals surface area (Å²) in [5.41, 5.74) is 1.78. The lowest BCUT2D eigenvalue weighted by molar-refractivity contribution is -0.135. The number of para-hydroxylation sites is 2. The Hall–Kier alpha value is -2.53. The number of imidazole rings is 1. The van der Waals surface area contributed by atoms with E-state index in [0.717, 1.165) is 16.9 Å². The molecule has 0 fully saturated rings. The molecule has 0 saturated carbocycles. The Labute approximate surface area is 170 Å². The molecule has 148 valence electrons. The van der Waals surface area contributed by atoms with E-state index >= 15 is 0 Å². The van der Waals surface area contributed by atoms with E-state index in [1.165, 1.54) is 0 Å². The minimum atomic E-state index is 0.0703. The van der Waals surface area contributed by atoms with Crippen LogP contribution in [-0.2, 0) is 17.9 Å². The lowest BCUT2D eigenvalue weighted by atomic mass is 10.2. The van der Waals surface area contributed by atoms with Crippen molar-refractivity contribution in [3.8, 4) is 5.75 Å². The lowest BCUT2D eigenvalue weighted by Crippen LogP contribution is -2.43. The molecule has 1 aromatic heterocycles. The summed E-state index contributed by atoms with van der Waals surface area (Å²) in [4.78, 5) is 19.6. The number of hydrogen-bond donors (Lipinski definition) is 0. The summed E-state index contributed by atoms with van der Waals surface area (Å²) >= 11 is 5.93. The van der Waals surface area contributed by atoms with Gasteiger partial charge >= 0.3 is 0 Å². The molecule has 0 aliphatic heterocycles. The van der Waals surface area contributed by atoms with Crippen LogP contribution in [0, 0.1) is 0 Å². The fraction of sp³-hybridized carbons (Fsp3) is 0.364. The van der Waals surface area contributed by atoms with Gasteiger partial charge in [-0.25, -0.2) is 4.98 Å². The molecule has 0 N–H and O–H groups in total. The average molecular weight is 400 g/mol. The van der Waals surface area contributed by atoms with Crippen molar-refractivity contribution < 1.29 is 9.53 Å². The maximum Gasteiger partial charge on any atom is 0.243 e. The van der Waals surface area contributed by atoms with Crippen molar-refractivity contribution in [1.82, 2.24) is 14.5 Å². The van der Waals surface area contributed by atoms with Crippen LogP contribution in [0.2, 0.25) is 5.02 Å². The van der Waals surface area contributed by atoms with Gasteiger partial charge in [0.2, 0.25) is 5.91 Å². The Morgan fingerprint density at radius 3 is 2.36 bits per heavy atom. The lowest BCUT2D eigenvalue weighted by Gasteiger charge is -2.31. The Morgan fingerprint density at radius 2 is 1.71 bits per heavy atom. The number of hydrogen-bond acceptors (Lipinski definition) is 3. The summed E-state index contributed by atoms with van der Waals surface area (Å²) in [6.45, 7) is 8.65. The second-order valence-corrected chi connectivity index (χ2v) is 7.77. The molecule has 0 radical (unpaired) electrons. The summed E-state index contributed by atoms with van der Waals surface area (Å²) in [5, 5.41) is 0.660. The molecule has 1 amide bonds. The average Bonchev–Trinajstić information content (AvgIpc) is 2.98. The zero-order valence-corrected chi connectivity index (χ0v) is 17.5. The zero-order valence-electron chi connectivity index (χ0n) is 16.7. The fourth-order valence-electron chi connectivity index (χ4n) is 3.48. The molecule has 28 heavy (non-hydrogen) atoms. The van der Waals surface area contributed by atoms with Crippen LogP contribution >= 0.6 is 11.6 Å². The van der Waals surface area contributed by atoms with Crippen LogP contribution in [0.25, 0.3) is 11.0 Å². The number of ether oxygens (including phenoxy) is 1. The molecular weight excluding hydrogens is 374 g/mol. The molecule has 6 heteroatoms. The van der Waals surface area contributed by atoms with Crippen LogP contribution in [0.3, 0.4) is 0 Å². The van der Waals surface area contributed by atoms with Crippen LogP contribution in [0.4, 0.5) is 0 Å². The van der Waals surface area contributed by atoms with E-state index in [1.54, 1.807) is 12.1 Å². The van der Waals surface area contributed by atoms with Crippen molar-refractivity contribution >= 4 is 28.5 Å². The van der Waals surface area contributed by atoms with Crippen LogP contribution < -0.4 is 4.74 Å². The van der Waals surface area contributed by atoms with Gasteiger partial charge in [-0.15, -0.1) is 0 Å². The first-order valence-electron chi connectivity index (χ1n) is 9.50. The topological polar surface area (TPSA) is 47.4 Å². The molecule has 0 atom stereocenters. The van der Waals surface area contributed by atoms with E-state index < -0.39 is 0 Å². The van der Waals surface area contributed by atoms with E-state index in [9.17, 15) is 4.79 Å². The standard InChI is InChI=1S/C22H26ClN3O2/c1-15(2)26(16(3)4)22(27)13-25-20-8-6-5-7-19(20)24-21(25)14-28-18-11-9-17(23)10-12-18/h5-12,15-16H,13-14H2,1-4H3. The summed E-state index contributed by atoms with van der Waals surface area (Å²) in [5.74, 6) is 1.50. The molecule has 0 spiro atoms. The van der Waals surface area contributed by atoms with Crippen LogP contribution in [0.15, 0.2) is 48.5 Å². The third-order valence-electron chi connectivity index (χ3n) is 4.61. The van der Waals surface area contributed by atoms with E-state index in [1.807, 2.05) is 73.6 Å². The van der Waals surface area contributed by atoms with Gasteiger partial charge in [0.25, 0.3) is 0 Å². The molecule has 0 bridgehead atoms. The molecule has 2 aromatic carbocycles. The number of carbonyl (C=O) groups excluding carboxylic acids is 1. The highest BCUT2D eigenvalue weighted by Crippen LogP contribution is 2.20. The van der Waals surface area contributed by atoms with E-state index in [2.05, 4.69) is 4.98 Å². The minimum Gasteiger partial charge on any atom is -0.486 e. The minimum absolute atomic E-state index is 0.0703. The largest absolute Gasteiger partial charge is 0.486 e. The molecule has 1 heterocycles. The number of nitrogens with zero attached hydrogens (tertiary/aromatic N) is 3. The number of halogens is 1. The molecule has 5 nitrogen and oxygen atoms in total. The monoisotopic (exact) mass is 399 g/mol. The van der Waals surface area contributed by atoms with Crippen molar-refractivity contribution in [1.29, 1.82) is 0 Å². The van der Waals surface area contributed by atoms with Crippen LogP contribution in [-0.4, -0.2) is 32.4 Å². The van der Waals surface area contributed by atoms with Gasteiger partial charge in [0, 0.05) is 17.1 Å². The maximum atomic E-state index is 13.0. The Bertz CT molecular complexity index is 940. The van der Waals surface area contributed by atoms with E-state index in [-0.39, 0.29) is 31.1 Å². The molecule has 3 aromatic rings. The van der Waals surface area contributed by atoms with Gasteiger partial charge < -0.3 is 14.2 Å². The van der Waals surface area contributed by atoms with Gasteiger partial charge in [0.1, 0.15) is 24.7 Å². The summed E-state index contributed by atoms with van der Waals surface area (Å²) in [7, 11) is 0. The number of rotatable bonds is 7. The first kappa shape index (κ1) is 20.2. The maximum absolute atomic E-state index is 13.0. The normalized spacial score (nSPS) is 11.4. The molecular formula is C22H26ClN3O2. The van der Waals surface area contributed by atoms with Gasteiger partial charge in [0.05, 0.1) is 11.0 Å². The zero-order chi connectivity index (χ0) is 20.3. The van der Waals surface area contributed by atoms with E-state index in [0.29, 0.717) is 10.8 Å². The summed E-state index contributed by atoms with van der Waals surface area (Å²) in [6, 6.07) is 15.3. The third-order valence-corrected chi connectivity index (χ3v) is 4.86. The SMILES string of the molecule is CC(C)N(C(=O)Cn1c(COc2ccc(Cl)cc2)nc2ccccc21)C(C)C. The number of amides is 1. The third kappa shape index (κ3) is 4.47. The van der Waals surface area contributed by atoms with Crippen LogP contribution in [0.1, 0.15) is 33.5 Å².